The van der Waals surface area contributed by atoms with Crippen LogP contribution in [-0.2, 0) is 6.42 Å². The summed E-state index contributed by atoms with van der Waals surface area (Å²) in [7, 11) is 0. The minimum Gasteiger partial charge on any atom is -0.316 e. The SMILES string of the molecule is CC(C)(C)NCCCNCCc1ccc(Cl)c(Cl)c1. The quantitative estimate of drug-likeness (QED) is 0.746. The summed E-state index contributed by atoms with van der Waals surface area (Å²) in [5.74, 6) is 0. The Morgan fingerprint density at radius 3 is 2.37 bits per heavy atom. The van der Waals surface area contributed by atoms with Crippen molar-refractivity contribution in [1.29, 1.82) is 0 Å². The largest absolute Gasteiger partial charge is 0.316 e. The molecule has 108 valence electrons. The summed E-state index contributed by atoms with van der Waals surface area (Å²) in [6.45, 7) is 9.60. The number of rotatable bonds is 7. The molecule has 0 saturated heterocycles. The van der Waals surface area contributed by atoms with Crippen LogP contribution in [0.3, 0.4) is 0 Å². The highest BCUT2D eigenvalue weighted by Crippen LogP contribution is 2.22. The van der Waals surface area contributed by atoms with Crippen molar-refractivity contribution in [1.82, 2.24) is 10.6 Å². The molecule has 4 heteroatoms. The third kappa shape index (κ3) is 7.78. The highest BCUT2D eigenvalue weighted by Gasteiger charge is 2.06. The van der Waals surface area contributed by atoms with Crippen molar-refractivity contribution >= 4 is 23.2 Å². The van der Waals surface area contributed by atoms with Gasteiger partial charge >= 0.3 is 0 Å². The fourth-order valence-corrected chi connectivity index (χ4v) is 2.05. The molecule has 1 rings (SSSR count). The lowest BCUT2D eigenvalue weighted by molar-refractivity contribution is 0.419. The van der Waals surface area contributed by atoms with Crippen molar-refractivity contribution in [3.8, 4) is 0 Å². The highest BCUT2D eigenvalue weighted by molar-refractivity contribution is 6.42. The number of hydrogen-bond donors (Lipinski definition) is 2. The highest BCUT2D eigenvalue weighted by atomic mass is 35.5. The van der Waals surface area contributed by atoms with Gasteiger partial charge in [0.15, 0.2) is 0 Å². The van der Waals surface area contributed by atoms with Gasteiger partial charge in [0.25, 0.3) is 0 Å². The van der Waals surface area contributed by atoms with Crippen LogP contribution in [-0.4, -0.2) is 25.2 Å². The standard InChI is InChI=1S/C15H24Cl2N2/c1-15(2,3)19-9-4-8-18-10-7-12-5-6-13(16)14(17)11-12/h5-6,11,18-19H,4,7-10H2,1-3H3. The monoisotopic (exact) mass is 302 g/mol. The van der Waals surface area contributed by atoms with E-state index < -0.39 is 0 Å². The van der Waals surface area contributed by atoms with Crippen molar-refractivity contribution in [2.45, 2.75) is 39.2 Å². The molecule has 0 aliphatic heterocycles. The summed E-state index contributed by atoms with van der Waals surface area (Å²) in [5, 5.41) is 8.16. The van der Waals surface area contributed by atoms with Crippen LogP contribution in [0.2, 0.25) is 10.0 Å². The number of nitrogens with one attached hydrogen (secondary N) is 2. The van der Waals surface area contributed by atoms with E-state index in [9.17, 15) is 0 Å². The molecular formula is C15H24Cl2N2. The minimum absolute atomic E-state index is 0.208. The molecule has 0 aromatic heterocycles. The van der Waals surface area contributed by atoms with E-state index in [0.29, 0.717) is 10.0 Å². The van der Waals surface area contributed by atoms with Gasteiger partial charge in [-0.2, -0.15) is 0 Å². The number of benzene rings is 1. The van der Waals surface area contributed by atoms with Gasteiger partial charge in [-0.3, -0.25) is 0 Å². The molecule has 0 radical (unpaired) electrons. The first-order valence-corrected chi connectivity index (χ1v) is 7.54. The Morgan fingerprint density at radius 2 is 1.74 bits per heavy atom. The fraction of sp³-hybridized carbons (Fsp3) is 0.600. The molecule has 0 bridgehead atoms. The Kier molecular flexibility index (Phi) is 7.16. The molecule has 2 nitrogen and oxygen atoms in total. The third-order valence-corrected chi connectivity index (χ3v) is 3.50. The predicted octanol–water partition coefficient (Wildman–Crippen LogP) is 3.90. The molecule has 0 aliphatic rings. The Hall–Kier alpha value is -0.280. The van der Waals surface area contributed by atoms with Gasteiger partial charge in [-0.1, -0.05) is 29.3 Å². The predicted molar refractivity (Wildman–Crippen MR) is 85.4 cm³/mol. The van der Waals surface area contributed by atoms with Gasteiger partial charge in [-0.25, -0.2) is 0 Å². The van der Waals surface area contributed by atoms with Gasteiger partial charge in [-0.05, 0) is 70.9 Å². The molecule has 19 heavy (non-hydrogen) atoms. The van der Waals surface area contributed by atoms with Crippen molar-refractivity contribution in [3.05, 3.63) is 33.8 Å². The van der Waals surface area contributed by atoms with Crippen molar-refractivity contribution in [3.63, 3.8) is 0 Å². The topological polar surface area (TPSA) is 24.1 Å². The number of halogens is 2. The van der Waals surface area contributed by atoms with Crippen LogP contribution in [0.25, 0.3) is 0 Å². The van der Waals surface area contributed by atoms with Gasteiger partial charge < -0.3 is 10.6 Å². The first-order valence-electron chi connectivity index (χ1n) is 6.78. The number of hydrogen-bond acceptors (Lipinski definition) is 2. The van der Waals surface area contributed by atoms with Gasteiger partial charge in [-0.15, -0.1) is 0 Å². The van der Waals surface area contributed by atoms with Crippen LogP contribution >= 0.6 is 23.2 Å². The van der Waals surface area contributed by atoms with E-state index >= 15 is 0 Å². The van der Waals surface area contributed by atoms with Gasteiger partial charge in [0, 0.05) is 5.54 Å². The van der Waals surface area contributed by atoms with Gasteiger partial charge in [0.2, 0.25) is 0 Å². The van der Waals surface area contributed by atoms with E-state index in [4.69, 9.17) is 23.2 Å². The molecule has 0 atom stereocenters. The Morgan fingerprint density at radius 1 is 1.00 bits per heavy atom. The summed E-state index contributed by atoms with van der Waals surface area (Å²) < 4.78 is 0. The summed E-state index contributed by atoms with van der Waals surface area (Å²) in [5.41, 5.74) is 1.43. The minimum atomic E-state index is 0.208. The van der Waals surface area contributed by atoms with Gasteiger partial charge in [0.05, 0.1) is 10.0 Å². The second-order valence-electron chi connectivity index (χ2n) is 5.78. The molecular weight excluding hydrogens is 279 g/mol. The third-order valence-electron chi connectivity index (χ3n) is 2.76. The Labute approximate surface area is 126 Å². The second-order valence-corrected chi connectivity index (χ2v) is 6.59. The zero-order valence-corrected chi connectivity index (χ0v) is 13.5. The lowest BCUT2D eigenvalue weighted by atomic mass is 10.1. The average molecular weight is 303 g/mol. The molecule has 1 aromatic carbocycles. The maximum absolute atomic E-state index is 5.98. The molecule has 1 aromatic rings. The first-order chi connectivity index (χ1) is 8.88. The van der Waals surface area contributed by atoms with Crippen LogP contribution in [0.1, 0.15) is 32.8 Å². The lowest BCUT2D eigenvalue weighted by Gasteiger charge is -2.20. The fourth-order valence-electron chi connectivity index (χ4n) is 1.73. The molecule has 0 saturated carbocycles. The van der Waals surface area contributed by atoms with E-state index in [1.807, 2.05) is 18.2 Å². The van der Waals surface area contributed by atoms with Gasteiger partial charge in [0.1, 0.15) is 0 Å². The summed E-state index contributed by atoms with van der Waals surface area (Å²) in [6.07, 6.45) is 2.11. The zero-order chi connectivity index (χ0) is 14.3. The van der Waals surface area contributed by atoms with Crippen LogP contribution in [0.5, 0.6) is 0 Å². The summed E-state index contributed by atoms with van der Waals surface area (Å²) >= 11 is 11.9. The van der Waals surface area contributed by atoms with E-state index in [1.165, 1.54) is 5.56 Å². The van der Waals surface area contributed by atoms with Crippen LogP contribution in [0, 0.1) is 0 Å². The Balaban J connectivity index is 2.09. The Bertz CT molecular complexity index is 386. The van der Waals surface area contributed by atoms with E-state index in [1.54, 1.807) is 0 Å². The van der Waals surface area contributed by atoms with E-state index in [2.05, 4.69) is 31.4 Å². The van der Waals surface area contributed by atoms with Crippen molar-refractivity contribution in [2.75, 3.05) is 19.6 Å². The maximum Gasteiger partial charge on any atom is 0.0595 e. The van der Waals surface area contributed by atoms with E-state index in [0.717, 1.165) is 32.5 Å². The summed E-state index contributed by atoms with van der Waals surface area (Å²) in [6, 6.07) is 5.82. The molecule has 0 amide bonds. The molecule has 0 spiro atoms. The normalized spacial score (nSPS) is 11.8. The van der Waals surface area contributed by atoms with Crippen LogP contribution in [0.4, 0.5) is 0 Å². The smallest absolute Gasteiger partial charge is 0.0595 e. The molecule has 0 unspecified atom stereocenters. The molecule has 2 N–H and O–H groups in total. The second kappa shape index (κ2) is 8.11. The lowest BCUT2D eigenvalue weighted by Crippen LogP contribution is -2.37. The molecule has 0 fully saturated rings. The van der Waals surface area contributed by atoms with E-state index in [-0.39, 0.29) is 5.54 Å². The van der Waals surface area contributed by atoms with Crippen molar-refractivity contribution in [2.24, 2.45) is 0 Å². The maximum atomic E-state index is 5.98. The zero-order valence-electron chi connectivity index (χ0n) is 12.0. The van der Waals surface area contributed by atoms with Crippen LogP contribution in [0.15, 0.2) is 18.2 Å². The molecule has 0 aliphatic carbocycles. The average Bonchev–Trinajstić information content (AvgIpc) is 2.31. The van der Waals surface area contributed by atoms with Crippen LogP contribution < -0.4 is 10.6 Å². The van der Waals surface area contributed by atoms with Crippen molar-refractivity contribution < 1.29 is 0 Å². The molecule has 0 heterocycles. The first kappa shape index (κ1) is 16.8. The summed E-state index contributed by atoms with van der Waals surface area (Å²) in [4.78, 5) is 0.